The van der Waals surface area contributed by atoms with Crippen LogP contribution in [0.1, 0.15) is 70.7 Å². The van der Waals surface area contributed by atoms with Crippen molar-refractivity contribution < 1.29 is 52.5 Å². The number of ether oxygens (including phenoxy) is 5. The average molecular weight is 1150 g/mol. The highest BCUT2D eigenvalue weighted by atomic mass is 79.9. The fraction of sp³-hybridized carbons (Fsp3) is 0.148. The zero-order valence-electron chi connectivity index (χ0n) is 41.8. The topological polar surface area (TPSA) is 155 Å². The SMILES string of the molecule is CCOC(=O)c1cc(CC)c(Br)cc1Br.CCOC(=O)c1cc(CC)c(N2c3ccccc3Oc3ccccc32)cc1N1c2ccccc2Oc2ccccc21.O=C=O.O=C=O.c1ccc2c(c1)Cc1ccccc1O2. The molecule has 0 radical (unpaired) electrons. The monoisotopic (exact) mass is 1140 g/mol. The molecule has 13 nitrogen and oxygen atoms in total. The molecule has 15 heteroatoms. The number of benzene rings is 8. The Labute approximate surface area is 456 Å². The zero-order chi connectivity index (χ0) is 54.1. The molecule has 0 bridgehead atoms. The fourth-order valence-electron chi connectivity index (χ4n) is 8.65. The first-order chi connectivity index (χ1) is 37.0. The van der Waals surface area contributed by atoms with Crippen LogP contribution in [-0.2, 0) is 47.9 Å². The first kappa shape index (κ1) is 55.2. The molecule has 0 unspecified atom stereocenters. The van der Waals surface area contributed by atoms with Gasteiger partial charge in [0.25, 0.3) is 0 Å². The zero-order valence-corrected chi connectivity index (χ0v) is 45.0. The summed E-state index contributed by atoms with van der Waals surface area (Å²) in [6, 6.07) is 56.0. The van der Waals surface area contributed by atoms with Crippen LogP contribution in [0.15, 0.2) is 179 Å². The maximum Gasteiger partial charge on any atom is 0.373 e. The summed E-state index contributed by atoms with van der Waals surface area (Å²) in [7, 11) is 0. The number of hydrogen-bond donors (Lipinski definition) is 0. The van der Waals surface area contributed by atoms with Crippen LogP contribution in [0.4, 0.5) is 34.1 Å². The maximum absolute atomic E-state index is 13.6. The molecule has 3 aliphatic heterocycles. The molecule has 0 spiro atoms. The molecule has 8 aromatic carbocycles. The van der Waals surface area contributed by atoms with E-state index in [1.807, 2.05) is 141 Å². The van der Waals surface area contributed by atoms with Crippen molar-refractivity contribution in [2.45, 2.75) is 47.0 Å². The number of halogens is 2. The van der Waals surface area contributed by atoms with Crippen molar-refractivity contribution in [3.8, 4) is 34.5 Å². The van der Waals surface area contributed by atoms with E-state index in [1.54, 1.807) is 6.92 Å². The number of rotatable bonds is 8. The molecule has 0 atom stereocenters. The third kappa shape index (κ3) is 12.5. The van der Waals surface area contributed by atoms with Gasteiger partial charge in [0.15, 0.2) is 23.0 Å². The van der Waals surface area contributed by atoms with E-state index in [0.717, 1.165) is 84.3 Å². The molecule has 3 heterocycles. The summed E-state index contributed by atoms with van der Waals surface area (Å²) in [5.41, 5.74) is 10.9. The van der Waals surface area contributed by atoms with Gasteiger partial charge in [0.05, 0.1) is 58.5 Å². The summed E-state index contributed by atoms with van der Waals surface area (Å²) < 4.78 is 30.7. The molecule has 0 amide bonds. The normalized spacial score (nSPS) is 11.4. The molecule has 76 heavy (non-hydrogen) atoms. The van der Waals surface area contributed by atoms with Gasteiger partial charge < -0.3 is 33.5 Å². The van der Waals surface area contributed by atoms with Crippen LogP contribution in [0.2, 0.25) is 0 Å². The largest absolute Gasteiger partial charge is 0.462 e. The van der Waals surface area contributed by atoms with Crippen molar-refractivity contribution in [1.29, 1.82) is 0 Å². The lowest BCUT2D eigenvalue weighted by atomic mass is 9.99. The number of aryl methyl sites for hydroxylation is 2. The number of hydrogen-bond acceptors (Lipinski definition) is 13. The van der Waals surface area contributed by atoms with Gasteiger partial charge in [-0.2, -0.15) is 19.2 Å². The van der Waals surface area contributed by atoms with E-state index in [1.165, 1.54) is 11.1 Å². The number of anilines is 6. The average Bonchev–Trinajstić information content (AvgIpc) is 3.45. The third-order valence-electron chi connectivity index (χ3n) is 12.0. The van der Waals surface area contributed by atoms with Crippen LogP contribution in [0.25, 0.3) is 0 Å². The van der Waals surface area contributed by atoms with Gasteiger partial charge in [0, 0.05) is 15.4 Å². The lowest BCUT2D eigenvalue weighted by Gasteiger charge is -2.37. The highest BCUT2D eigenvalue weighted by Crippen LogP contribution is 2.55. The minimum absolute atomic E-state index is 0.250. The Kier molecular flexibility index (Phi) is 19.3. The van der Waals surface area contributed by atoms with E-state index >= 15 is 0 Å². The molecule has 3 aliphatic rings. The lowest BCUT2D eigenvalue weighted by molar-refractivity contribution is -0.193. The van der Waals surface area contributed by atoms with E-state index in [-0.39, 0.29) is 30.8 Å². The Hall–Kier alpha value is -8.58. The van der Waals surface area contributed by atoms with Crippen molar-refractivity contribution in [3.05, 3.63) is 212 Å². The Morgan fingerprint density at radius 1 is 0.434 bits per heavy atom. The van der Waals surface area contributed by atoms with Crippen LogP contribution < -0.4 is 24.0 Å². The highest BCUT2D eigenvalue weighted by molar-refractivity contribution is 9.11. The molecule has 0 aromatic heterocycles. The quantitative estimate of drug-likeness (QED) is 0.133. The number of fused-ring (bicyclic) bond motifs is 6. The third-order valence-corrected chi connectivity index (χ3v) is 13.4. The summed E-state index contributed by atoms with van der Waals surface area (Å²) in [6.07, 6.45) is 3.06. The van der Waals surface area contributed by atoms with Gasteiger partial charge in [-0.25, -0.2) is 9.59 Å². The fourth-order valence-corrected chi connectivity index (χ4v) is 10.1. The van der Waals surface area contributed by atoms with Crippen LogP contribution in [0.3, 0.4) is 0 Å². The van der Waals surface area contributed by atoms with Crippen molar-refractivity contribution >= 4 is 90.2 Å². The van der Waals surface area contributed by atoms with Crippen LogP contribution in [-0.4, -0.2) is 37.5 Å². The Morgan fingerprint density at radius 2 is 0.776 bits per heavy atom. The van der Waals surface area contributed by atoms with Crippen LogP contribution in [0.5, 0.6) is 34.5 Å². The first-order valence-corrected chi connectivity index (χ1v) is 25.8. The van der Waals surface area contributed by atoms with E-state index in [4.69, 9.17) is 42.9 Å². The Morgan fingerprint density at radius 3 is 1.18 bits per heavy atom. The summed E-state index contributed by atoms with van der Waals surface area (Å²) in [6.45, 7) is 8.44. The summed E-state index contributed by atoms with van der Waals surface area (Å²) in [5, 5.41) is 0. The standard InChI is InChI=1S/C35H28N2O4.C13H10O.C11H12Br2O2.2CO2/c1-3-23-21-24(35(38)39-4-2)30(37-27-15-7-11-19-33(27)41-34-20-12-8-16-28(34)37)22-29(23)36-25-13-5-9-17-31(25)40-32-18-10-6-14-26(32)36;1-3-7-12-10(5-1)9-11-6-2-4-8-13(11)14-12;1-3-7-5-8(11(14)15-4-2)10(13)6-9(7)12;2*2-1-3/h5-22H,3-4H2,1-2H3;1-8H,9H2;5-6H,3-4H2,1-2H3;;. The maximum atomic E-state index is 13.6. The van der Waals surface area contributed by atoms with Gasteiger partial charge in [-0.15, -0.1) is 0 Å². The van der Waals surface area contributed by atoms with Gasteiger partial charge in [-0.3, -0.25) is 0 Å². The Bertz CT molecular complexity index is 3250. The molecular weight excluding hydrogens is 1100 g/mol. The minimum Gasteiger partial charge on any atom is -0.462 e. The number of para-hydroxylation sites is 10. The first-order valence-electron chi connectivity index (χ1n) is 24.2. The predicted octanol–water partition coefficient (Wildman–Crippen LogP) is 15.7. The van der Waals surface area contributed by atoms with E-state index in [9.17, 15) is 9.59 Å². The smallest absolute Gasteiger partial charge is 0.373 e. The van der Waals surface area contributed by atoms with Gasteiger partial charge >= 0.3 is 24.2 Å². The summed E-state index contributed by atoms with van der Waals surface area (Å²) in [5.74, 6) is 4.29. The number of nitrogens with zero attached hydrogens (tertiary/aromatic N) is 2. The van der Waals surface area contributed by atoms with Gasteiger partial charge in [0.1, 0.15) is 11.5 Å². The molecule has 0 aliphatic carbocycles. The molecule has 0 fully saturated rings. The molecule has 384 valence electrons. The molecule has 0 saturated heterocycles. The number of carbonyl (C=O) groups excluding carboxylic acids is 6. The lowest BCUT2D eigenvalue weighted by Crippen LogP contribution is -2.22. The van der Waals surface area contributed by atoms with Crippen molar-refractivity contribution in [3.63, 3.8) is 0 Å². The van der Waals surface area contributed by atoms with E-state index in [2.05, 4.69) is 91.0 Å². The number of carbonyl (C=O) groups is 2. The second-order valence-electron chi connectivity index (χ2n) is 16.5. The molecule has 0 saturated carbocycles. The summed E-state index contributed by atoms with van der Waals surface area (Å²) in [4.78, 5) is 62.0. The van der Waals surface area contributed by atoms with E-state index in [0.29, 0.717) is 41.3 Å². The van der Waals surface area contributed by atoms with Crippen LogP contribution >= 0.6 is 31.9 Å². The van der Waals surface area contributed by atoms with Crippen molar-refractivity contribution in [2.24, 2.45) is 0 Å². The second kappa shape index (κ2) is 26.6. The van der Waals surface area contributed by atoms with Crippen LogP contribution in [0, 0.1) is 0 Å². The number of esters is 2. The van der Waals surface area contributed by atoms with Crippen molar-refractivity contribution in [2.75, 3.05) is 23.0 Å². The highest BCUT2D eigenvalue weighted by Gasteiger charge is 2.33. The Balaban J connectivity index is 0.000000195. The van der Waals surface area contributed by atoms with Crippen molar-refractivity contribution in [1.82, 2.24) is 0 Å². The molecule has 11 rings (SSSR count). The second-order valence-corrected chi connectivity index (χ2v) is 18.2. The summed E-state index contributed by atoms with van der Waals surface area (Å²) >= 11 is 6.80. The van der Waals surface area contributed by atoms with E-state index < -0.39 is 0 Å². The van der Waals surface area contributed by atoms with Gasteiger partial charge in [0.2, 0.25) is 0 Å². The molecule has 0 N–H and O–H groups in total. The molecule has 8 aromatic rings. The minimum atomic E-state index is -0.368. The molecular formula is C61H50Br2N2O11. The predicted molar refractivity (Wildman–Crippen MR) is 294 cm³/mol. The van der Waals surface area contributed by atoms with Gasteiger partial charge in [-0.1, -0.05) is 115 Å². The van der Waals surface area contributed by atoms with Gasteiger partial charge in [-0.05, 0) is 150 Å².